The summed E-state index contributed by atoms with van der Waals surface area (Å²) in [6.07, 6.45) is 1.57. The molecule has 2 aliphatic heterocycles. The number of nitrogens with zero attached hydrogens (tertiary/aromatic N) is 1. The molecule has 0 aromatic heterocycles. The van der Waals surface area contributed by atoms with E-state index in [0.717, 1.165) is 16.7 Å². The number of ether oxygens (including phenoxy) is 1. The number of fused-ring (bicyclic) bond motifs is 1. The first kappa shape index (κ1) is 22.8. The van der Waals surface area contributed by atoms with Crippen molar-refractivity contribution >= 4 is 33.2 Å². The number of hydrogen-bond donors (Lipinski definition) is 2. The summed E-state index contributed by atoms with van der Waals surface area (Å²) < 4.78 is 33.8. The second-order valence-electron chi connectivity index (χ2n) is 8.22. The topological polar surface area (TPSA) is 92.9 Å². The van der Waals surface area contributed by atoms with E-state index in [1.54, 1.807) is 0 Å². The number of hydrogen-bond acceptors (Lipinski definition) is 5. The van der Waals surface area contributed by atoms with Gasteiger partial charge >= 0.3 is 0 Å². The number of rotatable bonds is 4. The van der Waals surface area contributed by atoms with Crippen LogP contribution < -0.4 is 5.73 Å². The SMILES string of the molecule is Cc1ccc2c(c1O)C[C@@H](C1CCN(S(=O)(=O)c3ccc(Cl)c(Cl)c3)CC1)O[C@H]2CN. The highest BCUT2D eigenvalue weighted by atomic mass is 35.5. The maximum absolute atomic E-state index is 13.0. The first-order chi connectivity index (χ1) is 14.7. The fourth-order valence-electron chi connectivity index (χ4n) is 4.55. The van der Waals surface area contributed by atoms with Crippen LogP contribution in [0.1, 0.15) is 35.6 Å². The Balaban J connectivity index is 1.48. The summed E-state index contributed by atoms with van der Waals surface area (Å²) in [7, 11) is -3.64. The highest BCUT2D eigenvalue weighted by Crippen LogP contribution is 2.40. The van der Waals surface area contributed by atoms with E-state index in [0.29, 0.717) is 49.7 Å². The average molecular weight is 485 g/mol. The molecular formula is C22H26Cl2N2O4S. The van der Waals surface area contributed by atoms with Crippen LogP contribution in [-0.2, 0) is 21.2 Å². The van der Waals surface area contributed by atoms with E-state index < -0.39 is 10.0 Å². The molecule has 6 nitrogen and oxygen atoms in total. The fraction of sp³-hybridized carbons (Fsp3) is 0.455. The van der Waals surface area contributed by atoms with Crippen LogP contribution in [0.15, 0.2) is 35.2 Å². The van der Waals surface area contributed by atoms with Crippen molar-refractivity contribution in [3.05, 3.63) is 57.1 Å². The maximum atomic E-state index is 13.0. The lowest BCUT2D eigenvalue weighted by atomic mass is 9.83. The highest BCUT2D eigenvalue weighted by Gasteiger charge is 2.37. The molecule has 0 bridgehead atoms. The number of aromatic hydroxyl groups is 1. The van der Waals surface area contributed by atoms with E-state index in [1.165, 1.54) is 22.5 Å². The summed E-state index contributed by atoms with van der Waals surface area (Å²) in [6, 6.07) is 8.23. The lowest BCUT2D eigenvalue weighted by Crippen LogP contribution is -2.44. The second kappa shape index (κ2) is 8.89. The van der Waals surface area contributed by atoms with Crippen molar-refractivity contribution < 1.29 is 18.3 Å². The van der Waals surface area contributed by atoms with Crippen LogP contribution in [0.25, 0.3) is 0 Å². The summed E-state index contributed by atoms with van der Waals surface area (Å²) in [4.78, 5) is 0.145. The van der Waals surface area contributed by atoms with Gasteiger partial charge < -0.3 is 15.6 Å². The zero-order valence-electron chi connectivity index (χ0n) is 17.2. The number of piperidine rings is 1. The molecule has 2 atom stereocenters. The normalized spacial score (nSPS) is 23.0. The van der Waals surface area contributed by atoms with E-state index in [2.05, 4.69) is 0 Å². The third kappa shape index (κ3) is 4.32. The van der Waals surface area contributed by atoms with Crippen molar-refractivity contribution in [2.45, 2.75) is 43.3 Å². The Morgan fingerprint density at radius 1 is 1.16 bits per heavy atom. The predicted molar refractivity (Wildman–Crippen MR) is 121 cm³/mol. The molecule has 31 heavy (non-hydrogen) atoms. The van der Waals surface area contributed by atoms with Crippen molar-refractivity contribution in [1.29, 1.82) is 0 Å². The minimum atomic E-state index is -3.64. The van der Waals surface area contributed by atoms with E-state index >= 15 is 0 Å². The molecule has 0 amide bonds. The molecule has 4 rings (SSSR count). The highest BCUT2D eigenvalue weighted by molar-refractivity contribution is 7.89. The van der Waals surface area contributed by atoms with Gasteiger partial charge in [-0.05, 0) is 55.0 Å². The lowest BCUT2D eigenvalue weighted by molar-refractivity contribution is -0.0612. The molecule has 2 heterocycles. The molecule has 0 saturated carbocycles. The van der Waals surface area contributed by atoms with Crippen LogP contribution >= 0.6 is 23.2 Å². The maximum Gasteiger partial charge on any atom is 0.243 e. The molecule has 1 fully saturated rings. The minimum absolute atomic E-state index is 0.108. The van der Waals surface area contributed by atoms with Gasteiger partial charge in [-0.1, -0.05) is 35.3 Å². The molecule has 0 aliphatic carbocycles. The number of phenolic OH excluding ortho intramolecular Hbond substituents is 1. The van der Waals surface area contributed by atoms with Crippen LogP contribution in [0, 0.1) is 12.8 Å². The molecule has 2 aromatic carbocycles. The van der Waals surface area contributed by atoms with Crippen LogP contribution in [0.2, 0.25) is 10.0 Å². The molecule has 0 spiro atoms. The summed E-state index contributed by atoms with van der Waals surface area (Å²) in [5.74, 6) is 0.492. The molecule has 0 unspecified atom stereocenters. The third-order valence-corrected chi connectivity index (χ3v) is 9.01. The molecule has 2 aliphatic rings. The number of phenols is 1. The third-order valence-electron chi connectivity index (χ3n) is 6.38. The molecule has 2 aromatic rings. The van der Waals surface area contributed by atoms with Crippen molar-refractivity contribution in [3.8, 4) is 5.75 Å². The number of halogens is 2. The fourth-order valence-corrected chi connectivity index (χ4v) is 6.41. The molecule has 1 saturated heterocycles. The van der Waals surface area contributed by atoms with E-state index in [-0.39, 0.29) is 28.0 Å². The van der Waals surface area contributed by atoms with Gasteiger partial charge in [-0.15, -0.1) is 0 Å². The summed E-state index contributed by atoms with van der Waals surface area (Å²) in [5, 5.41) is 11.1. The van der Waals surface area contributed by atoms with E-state index in [1.807, 2.05) is 19.1 Å². The molecular weight excluding hydrogens is 459 g/mol. The zero-order valence-corrected chi connectivity index (χ0v) is 19.6. The van der Waals surface area contributed by atoms with E-state index in [9.17, 15) is 13.5 Å². The molecule has 168 valence electrons. The Hall–Kier alpha value is -1.35. The molecule has 0 radical (unpaired) electrons. The largest absolute Gasteiger partial charge is 0.507 e. The van der Waals surface area contributed by atoms with Crippen molar-refractivity contribution in [2.24, 2.45) is 11.7 Å². The van der Waals surface area contributed by atoms with Gasteiger partial charge in [0.15, 0.2) is 0 Å². The first-order valence-corrected chi connectivity index (χ1v) is 12.5. The van der Waals surface area contributed by atoms with Gasteiger partial charge in [0.1, 0.15) is 5.75 Å². The smallest absolute Gasteiger partial charge is 0.243 e. The van der Waals surface area contributed by atoms with E-state index in [4.69, 9.17) is 33.7 Å². The minimum Gasteiger partial charge on any atom is -0.507 e. The zero-order chi connectivity index (χ0) is 22.3. The standard InChI is InChI=1S/C22H26Cl2N2O4S/c1-13-2-4-16-17(22(13)27)11-20(30-21(16)12-25)14-6-8-26(9-7-14)31(28,29)15-3-5-18(23)19(24)10-15/h2-5,10,14,20-21,27H,6-9,11-12,25H2,1H3/t20-,21-/m0/s1. The molecule has 9 heteroatoms. The Bertz CT molecular complexity index is 1090. The Morgan fingerprint density at radius 2 is 1.87 bits per heavy atom. The van der Waals surface area contributed by atoms with Crippen LogP contribution in [0.3, 0.4) is 0 Å². The number of sulfonamides is 1. The summed E-state index contributed by atoms with van der Waals surface area (Å²) in [6.45, 7) is 3.00. The van der Waals surface area contributed by atoms with Crippen molar-refractivity contribution in [3.63, 3.8) is 0 Å². The van der Waals surface area contributed by atoms with Gasteiger partial charge in [-0.25, -0.2) is 8.42 Å². The van der Waals surface area contributed by atoms with Gasteiger partial charge in [-0.3, -0.25) is 0 Å². The monoisotopic (exact) mass is 484 g/mol. The summed E-state index contributed by atoms with van der Waals surface area (Å²) >= 11 is 11.9. The second-order valence-corrected chi connectivity index (χ2v) is 11.0. The average Bonchev–Trinajstić information content (AvgIpc) is 2.77. The Kier molecular flexibility index (Phi) is 6.54. The summed E-state index contributed by atoms with van der Waals surface area (Å²) in [5.41, 5.74) is 8.63. The van der Waals surface area contributed by atoms with Crippen LogP contribution in [0.5, 0.6) is 5.75 Å². The number of aryl methyl sites for hydroxylation is 1. The number of benzene rings is 2. The first-order valence-electron chi connectivity index (χ1n) is 10.3. The molecule has 3 N–H and O–H groups in total. The van der Waals surface area contributed by atoms with Crippen LogP contribution in [0.4, 0.5) is 0 Å². The van der Waals surface area contributed by atoms with Gasteiger partial charge in [0.25, 0.3) is 0 Å². The van der Waals surface area contributed by atoms with Gasteiger partial charge in [0.05, 0.1) is 27.1 Å². The Labute approximate surface area is 193 Å². The predicted octanol–water partition coefficient (Wildman–Crippen LogP) is 4.05. The van der Waals surface area contributed by atoms with Gasteiger partial charge in [0.2, 0.25) is 10.0 Å². The van der Waals surface area contributed by atoms with Crippen LogP contribution in [-0.4, -0.2) is 43.6 Å². The number of nitrogens with two attached hydrogens (primary N) is 1. The van der Waals surface area contributed by atoms with Gasteiger partial charge in [0, 0.05) is 31.6 Å². The van der Waals surface area contributed by atoms with Crippen molar-refractivity contribution in [1.82, 2.24) is 4.31 Å². The quantitative estimate of drug-likeness (QED) is 0.682. The Morgan fingerprint density at radius 3 is 2.52 bits per heavy atom. The van der Waals surface area contributed by atoms with Gasteiger partial charge in [-0.2, -0.15) is 4.31 Å². The lowest BCUT2D eigenvalue weighted by Gasteiger charge is -2.40. The van der Waals surface area contributed by atoms with Crippen molar-refractivity contribution in [2.75, 3.05) is 19.6 Å².